The Balaban J connectivity index is 1.56. The lowest BCUT2D eigenvalue weighted by atomic mass is 10.1. The van der Waals surface area contributed by atoms with Gasteiger partial charge in [-0.1, -0.05) is 12.1 Å². The van der Waals surface area contributed by atoms with Crippen molar-refractivity contribution in [3.63, 3.8) is 0 Å². The zero-order chi connectivity index (χ0) is 19.2. The molecule has 27 heavy (non-hydrogen) atoms. The standard InChI is InChI=1S/C20H17NO6/c1-25-17-8-2-14(3-9-17)12-13-26-20(22)19-11-10-18(27-19)15-4-6-16(7-5-15)21(23)24/h2-11H,12-13H2,1H3. The van der Waals surface area contributed by atoms with Crippen LogP contribution in [0.1, 0.15) is 16.1 Å². The Morgan fingerprint density at radius 3 is 2.37 bits per heavy atom. The SMILES string of the molecule is COc1ccc(CCOC(=O)c2ccc(-c3ccc([N+](=O)[O-])cc3)o2)cc1. The van der Waals surface area contributed by atoms with E-state index in [0.29, 0.717) is 17.7 Å². The predicted octanol–water partition coefficient (Wildman–Crippen LogP) is 4.26. The van der Waals surface area contributed by atoms with Gasteiger partial charge in [0, 0.05) is 24.1 Å². The summed E-state index contributed by atoms with van der Waals surface area (Å²) in [5.41, 5.74) is 1.65. The number of nitro benzene ring substituents is 1. The van der Waals surface area contributed by atoms with Gasteiger partial charge in [0.25, 0.3) is 5.69 Å². The topological polar surface area (TPSA) is 91.8 Å². The van der Waals surface area contributed by atoms with E-state index in [1.54, 1.807) is 25.3 Å². The van der Waals surface area contributed by atoms with E-state index in [1.165, 1.54) is 18.2 Å². The molecule has 0 saturated carbocycles. The number of non-ortho nitro benzene ring substituents is 1. The van der Waals surface area contributed by atoms with Crippen LogP contribution in [0.15, 0.2) is 65.1 Å². The largest absolute Gasteiger partial charge is 0.497 e. The number of rotatable bonds is 7. The van der Waals surface area contributed by atoms with Gasteiger partial charge in [0.1, 0.15) is 11.5 Å². The van der Waals surface area contributed by atoms with Gasteiger partial charge in [-0.3, -0.25) is 10.1 Å². The highest BCUT2D eigenvalue weighted by atomic mass is 16.6. The number of ether oxygens (including phenoxy) is 2. The van der Waals surface area contributed by atoms with Crippen molar-refractivity contribution in [3.8, 4) is 17.1 Å². The van der Waals surface area contributed by atoms with Gasteiger partial charge in [0.2, 0.25) is 5.76 Å². The van der Waals surface area contributed by atoms with Crippen molar-refractivity contribution in [2.75, 3.05) is 13.7 Å². The van der Waals surface area contributed by atoms with Crippen LogP contribution in [0.4, 0.5) is 5.69 Å². The Morgan fingerprint density at radius 1 is 1.04 bits per heavy atom. The van der Waals surface area contributed by atoms with Gasteiger partial charge in [0.15, 0.2) is 0 Å². The van der Waals surface area contributed by atoms with Crippen LogP contribution in [0.5, 0.6) is 5.75 Å². The summed E-state index contributed by atoms with van der Waals surface area (Å²) >= 11 is 0. The first-order chi connectivity index (χ1) is 13.1. The number of hydrogen-bond acceptors (Lipinski definition) is 6. The van der Waals surface area contributed by atoms with E-state index in [9.17, 15) is 14.9 Å². The number of benzene rings is 2. The lowest BCUT2D eigenvalue weighted by Crippen LogP contribution is -2.07. The monoisotopic (exact) mass is 367 g/mol. The first-order valence-electron chi connectivity index (χ1n) is 8.21. The van der Waals surface area contributed by atoms with Crippen LogP contribution in [0, 0.1) is 10.1 Å². The van der Waals surface area contributed by atoms with Crippen LogP contribution in [0.3, 0.4) is 0 Å². The van der Waals surface area contributed by atoms with Crippen molar-refractivity contribution in [3.05, 3.63) is 82.1 Å². The Labute approximate surface area is 155 Å². The molecule has 7 heteroatoms. The molecule has 0 atom stereocenters. The molecule has 0 amide bonds. The van der Waals surface area contributed by atoms with E-state index >= 15 is 0 Å². The Hall–Kier alpha value is -3.61. The molecule has 0 aliphatic rings. The maximum Gasteiger partial charge on any atom is 0.374 e. The first-order valence-corrected chi connectivity index (χ1v) is 8.21. The second-order valence-corrected chi connectivity index (χ2v) is 5.70. The van der Waals surface area contributed by atoms with Crippen LogP contribution >= 0.6 is 0 Å². The molecule has 0 unspecified atom stereocenters. The molecule has 0 bridgehead atoms. The molecule has 2 aromatic carbocycles. The molecular formula is C20H17NO6. The molecule has 3 aromatic rings. The lowest BCUT2D eigenvalue weighted by molar-refractivity contribution is -0.384. The number of nitrogens with zero attached hydrogens (tertiary/aromatic N) is 1. The van der Waals surface area contributed by atoms with Crippen LogP contribution < -0.4 is 4.74 Å². The van der Waals surface area contributed by atoms with Crippen LogP contribution in [-0.2, 0) is 11.2 Å². The fourth-order valence-electron chi connectivity index (χ4n) is 2.48. The molecule has 0 fully saturated rings. The second kappa shape index (κ2) is 8.18. The number of carbonyl (C=O) groups is 1. The minimum atomic E-state index is -0.559. The zero-order valence-corrected chi connectivity index (χ0v) is 14.6. The molecule has 1 aromatic heterocycles. The number of hydrogen-bond donors (Lipinski definition) is 0. The van der Waals surface area contributed by atoms with Crippen LogP contribution in [0.25, 0.3) is 11.3 Å². The molecular weight excluding hydrogens is 350 g/mol. The highest BCUT2D eigenvalue weighted by molar-refractivity contribution is 5.87. The minimum absolute atomic E-state index is 0.0107. The molecule has 0 aliphatic carbocycles. The molecule has 0 saturated heterocycles. The van der Waals surface area contributed by atoms with E-state index in [4.69, 9.17) is 13.9 Å². The maximum absolute atomic E-state index is 12.1. The molecule has 138 valence electrons. The quantitative estimate of drug-likeness (QED) is 0.352. The summed E-state index contributed by atoms with van der Waals surface area (Å²) in [5.74, 6) is 0.729. The normalized spacial score (nSPS) is 10.4. The van der Waals surface area contributed by atoms with Gasteiger partial charge in [0.05, 0.1) is 18.6 Å². The fraction of sp³-hybridized carbons (Fsp3) is 0.150. The molecule has 0 radical (unpaired) electrons. The van der Waals surface area contributed by atoms with Gasteiger partial charge in [-0.2, -0.15) is 0 Å². The van der Waals surface area contributed by atoms with Gasteiger partial charge in [-0.05, 0) is 42.0 Å². The van der Waals surface area contributed by atoms with Crippen LogP contribution in [0.2, 0.25) is 0 Å². The second-order valence-electron chi connectivity index (χ2n) is 5.70. The zero-order valence-electron chi connectivity index (χ0n) is 14.6. The summed E-state index contributed by atoms with van der Waals surface area (Å²) < 4.78 is 15.8. The summed E-state index contributed by atoms with van der Waals surface area (Å²) in [6.45, 7) is 0.221. The number of esters is 1. The summed E-state index contributed by atoms with van der Waals surface area (Å²) in [4.78, 5) is 22.3. The van der Waals surface area contributed by atoms with E-state index in [1.807, 2.05) is 24.3 Å². The average Bonchev–Trinajstić information content (AvgIpc) is 3.19. The van der Waals surface area contributed by atoms with Crippen LogP contribution in [-0.4, -0.2) is 24.6 Å². The molecule has 0 N–H and O–H groups in total. The van der Waals surface area contributed by atoms with E-state index in [-0.39, 0.29) is 18.1 Å². The fourth-order valence-corrected chi connectivity index (χ4v) is 2.48. The van der Waals surface area contributed by atoms with Gasteiger partial charge < -0.3 is 13.9 Å². The Bertz CT molecular complexity index is 928. The van der Waals surface area contributed by atoms with Crippen molar-refractivity contribution in [2.24, 2.45) is 0 Å². The van der Waals surface area contributed by atoms with E-state index in [2.05, 4.69) is 0 Å². The van der Waals surface area contributed by atoms with Crippen molar-refractivity contribution >= 4 is 11.7 Å². The molecule has 3 rings (SSSR count). The van der Waals surface area contributed by atoms with Crippen molar-refractivity contribution < 1.29 is 23.6 Å². The minimum Gasteiger partial charge on any atom is -0.497 e. The van der Waals surface area contributed by atoms with Gasteiger partial charge in [-0.15, -0.1) is 0 Å². The van der Waals surface area contributed by atoms with Crippen molar-refractivity contribution in [2.45, 2.75) is 6.42 Å². The molecule has 0 spiro atoms. The predicted molar refractivity (Wildman–Crippen MR) is 97.8 cm³/mol. The molecule has 1 heterocycles. The first kappa shape index (κ1) is 18.2. The summed E-state index contributed by atoms with van der Waals surface area (Å²) in [7, 11) is 1.60. The Kier molecular flexibility index (Phi) is 5.51. The molecule has 0 aliphatic heterocycles. The number of nitro groups is 1. The number of furan rings is 1. The Morgan fingerprint density at radius 2 is 1.74 bits per heavy atom. The van der Waals surface area contributed by atoms with Gasteiger partial charge in [-0.25, -0.2) is 4.79 Å². The summed E-state index contributed by atoms with van der Waals surface area (Å²) in [6, 6.07) is 16.5. The highest BCUT2D eigenvalue weighted by Crippen LogP contribution is 2.25. The highest BCUT2D eigenvalue weighted by Gasteiger charge is 2.14. The smallest absolute Gasteiger partial charge is 0.374 e. The third-order valence-electron chi connectivity index (χ3n) is 3.95. The average molecular weight is 367 g/mol. The lowest BCUT2D eigenvalue weighted by Gasteiger charge is -2.04. The maximum atomic E-state index is 12.1. The van der Waals surface area contributed by atoms with Crippen molar-refractivity contribution in [1.82, 2.24) is 0 Å². The van der Waals surface area contributed by atoms with E-state index < -0.39 is 10.9 Å². The third-order valence-corrected chi connectivity index (χ3v) is 3.95. The summed E-state index contributed by atoms with van der Waals surface area (Å²) in [6.07, 6.45) is 0.575. The third kappa shape index (κ3) is 4.52. The number of carbonyl (C=O) groups excluding carboxylic acids is 1. The van der Waals surface area contributed by atoms with Gasteiger partial charge >= 0.3 is 5.97 Å². The summed E-state index contributed by atoms with van der Waals surface area (Å²) in [5, 5.41) is 10.7. The molecule has 7 nitrogen and oxygen atoms in total. The van der Waals surface area contributed by atoms with E-state index in [0.717, 1.165) is 11.3 Å². The van der Waals surface area contributed by atoms with Crippen molar-refractivity contribution in [1.29, 1.82) is 0 Å². The number of methoxy groups -OCH3 is 1.